The minimum atomic E-state index is -1.15. The Labute approximate surface area is 191 Å². The quantitative estimate of drug-likeness (QED) is 0.573. The zero-order chi connectivity index (χ0) is 23.6. The summed E-state index contributed by atoms with van der Waals surface area (Å²) >= 11 is 0. The van der Waals surface area contributed by atoms with Crippen molar-refractivity contribution in [2.45, 2.75) is 38.9 Å². The van der Waals surface area contributed by atoms with Crippen LogP contribution in [0, 0.1) is 6.92 Å². The van der Waals surface area contributed by atoms with Gasteiger partial charge in [0.15, 0.2) is 5.69 Å². The Hall–Kier alpha value is -3.88. The number of furan rings is 1. The van der Waals surface area contributed by atoms with E-state index < -0.39 is 5.54 Å². The van der Waals surface area contributed by atoms with E-state index in [1.54, 1.807) is 26.3 Å². The Morgan fingerprint density at radius 2 is 1.94 bits per heavy atom. The van der Waals surface area contributed by atoms with Crippen LogP contribution >= 0.6 is 0 Å². The Balaban J connectivity index is 1.43. The first kappa shape index (κ1) is 22.3. The maximum atomic E-state index is 13.1. The smallest absolute Gasteiger partial charge is 0.272 e. The molecule has 2 N–H and O–H groups in total. The van der Waals surface area contributed by atoms with Crippen LogP contribution in [0.3, 0.4) is 0 Å². The van der Waals surface area contributed by atoms with Gasteiger partial charge in [-0.05, 0) is 31.5 Å². The fourth-order valence-corrected chi connectivity index (χ4v) is 3.76. The molecule has 4 rings (SSSR count). The highest BCUT2D eigenvalue weighted by Gasteiger charge is 2.46. The van der Waals surface area contributed by atoms with Gasteiger partial charge in [0.2, 0.25) is 5.91 Å². The second kappa shape index (κ2) is 8.93. The van der Waals surface area contributed by atoms with Gasteiger partial charge in [-0.15, -0.1) is 0 Å². The zero-order valence-corrected chi connectivity index (χ0v) is 18.9. The van der Waals surface area contributed by atoms with Gasteiger partial charge in [-0.1, -0.05) is 29.8 Å². The molecule has 1 aromatic carbocycles. The van der Waals surface area contributed by atoms with Crippen LogP contribution in [0.4, 0.5) is 0 Å². The molecule has 0 radical (unpaired) electrons. The number of fused-ring (bicyclic) bond motifs is 1. The lowest BCUT2D eigenvalue weighted by molar-refractivity contribution is -0.132. The monoisotopic (exact) mass is 449 g/mol. The Bertz CT molecular complexity index is 1170. The molecule has 1 aliphatic heterocycles. The highest BCUT2D eigenvalue weighted by atomic mass is 16.3. The van der Waals surface area contributed by atoms with E-state index in [-0.39, 0.29) is 35.7 Å². The molecule has 33 heavy (non-hydrogen) atoms. The number of hydrogen-bond donors (Lipinski definition) is 2. The van der Waals surface area contributed by atoms with Crippen LogP contribution in [0.1, 0.15) is 44.8 Å². The molecule has 3 heterocycles. The van der Waals surface area contributed by atoms with Crippen LogP contribution in [-0.4, -0.2) is 51.5 Å². The van der Waals surface area contributed by atoms with Crippen LogP contribution in [-0.2, 0) is 24.3 Å². The van der Waals surface area contributed by atoms with E-state index in [2.05, 4.69) is 15.7 Å². The predicted octanol–water partition coefficient (Wildman–Crippen LogP) is 1.92. The molecule has 3 amide bonds. The van der Waals surface area contributed by atoms with Gasteiger partial charge >= 0.3 is 0 Å². The molecule has 0 bridgehead atoms. The molecule has 2 aromatic heterocycles. The lowest BCUT2D eigenvalue weighted by Crippen LogP contribution is -2.62. The van der Waals surface area contributed by atoms with Gasteiger partial charge in [0, 0.05) is 32.6 Å². The second-order valence-electron chi connectivity index (χ2n) is 8.46. The normalized spacial score (nSPS) is 17.5. The van der Waals surface area contributed by atoms with E-state index in [9.17, 15) is 14.4 Å². The topological polar surface area (TPSA) is 109 Å². The molecule has 1 aliphatic rings. The molecule has 9 nitrogen and oxygen atoms in total. The summed E-state index contributed by atoms with van der Waals surface area (Å²) in [6.07, 6.45) is 2.13. The minimum absolute atomic E-state index is 0.135. The number of carbonyl (C=O) groups excluding carboxylic acids is 3. The molecule has 1 atom stereocenters. The number of aryl methyl sites for hydroxylation is 1. The van der Waals surface area contributed by atoms with E-state index in [1.165, 1.54) is 15.6 Å². The molecular weight excluding hydrogens is 422 g/mol. The van der Waals surface area contributed by atoms with Crippen LogP contribution < -0.4 is 10.6 Å². The summed E-state index contributed by atoms with van der Waals surface area (Å²) in [6, 6.07) is 13.0. The molecule has 0 saturated carbocycles. The number of amides is 3. The molecule has 0 unspecified atom stereocenters. The highest BCUT2D eigenvalue weighted by Crippen LogP contribution is 2.26. The summed E-state index contributed by atoms with van der Waals surface area (Å²) in [7, 11) is 1.59. The third-order valence-electron chi connectivity index (χ3n) is 6.03. The zero-order valence-electron chi connectivity index (χ0n) is 18.9. The van der Waals surface area contributed by atoms with Gasteiger partial charge in [-0.3, -0.25) is 19.1 Å². The number of benzene rings is 1. The van der Waals surface area contributed by atoms with E-state index in [0.717, 1.165) is 16.9 Å². The summed E-state index contributed by atoms with van der Waals surface area (Å²) in [5.74, 6) is -0.269. The van der Waals surface area contributed by atoms with Crippen LogP contribution in [0.25, 0.3) is 0 Å². The number of likely N-dealkylation sites (N-methyl/N-ethyl adjacent to an activating group) is 1. The largest absolute Gasteiger partial charge is 0.469 e. The lowest BCUT2D eigenvalue weighted by Gasteiger charge is -2.40. The van der Waals surface area contributed by atoms with Crippen molar-refractivity contribution in [2.24, 2.45) is 0 Å². The van der Waals surface area contributed by atoms with Crippen LogP contribution in [0.2, 0.25) is 0 Å². The van der Waals surface area contributed by atoms with Crippen molar-refractivity contribution in [1.82, 2.24) is 25.3 Å². The van der Waals surface area contributed by atoms with Gasteiger partial charge in [0.25, 0.3) is 11.8 Å². The van der Waals surface area contributed by atoms with Gasteiger partial charge in [-0.2, -0.15) is 5.10 Å². The fraction of sp³-hybridized carbons (Fsp3) is 0.333. The van der Waals surface area contributed by atoms with Crippen molar-refractivity contribution in [3.63, 3.8) is 0 Å². The van der Waals surface area contributed by atoms with Gasteiger partial charge in [-0.25, -0.2) is 0 Å². The number of nitrogens with one attached hydrogen (secondary N) is 2. The van der Waals surface area contributed by atoms with Crippen molar-refractivity contribution < 1.29 is 18.8 Å². The highest BCUT2D eigenvalue weighted by molar-refractivity contribution is 6.01. The molecule has 0 spiro atoms. The molecule has 0 fully saturated rings. The minimum Gasteiger partial charge on any atom is -0.469 e. The van der Waals surface area contributed by atoms with Crippen molar-refractivity contribution in [1.29, 1.82) is 0 Å². The molecule has 172 valence electrons. The number of aromatic nitrogens is 2. The Kier molecular flexibility index (Phi) is 6.04. The first-order chi connectivity index (χ1) is 15.8. The van der Waals surface area contributed by atoms with Crippen LogP contribution in [0.5, 0.6) is 0 Å². The number of nitrogens with zero attached hydrogens (tertiary/aromatic N) is 3. The molecular formula is C24H27N5O4. The Morgan fingerprint density at radius 1 is 1.18 bits per heavy atom. The first-order valence-electron chi connectivity index (χ1n) is 10.8. The van der Waals surface area contributed by atoms with Crippen molar-refractivity contribution in [3.05, 3.63) is 77.0 Å². The summed E-state index contributed by atoms with van der Waals surface area (Å²) in [4.78, 5) is 40.0. The average Bonchev–Trinajstić information content (AvgIpc) is 3.47. The molecule has 9 heteroatoms. The number of hydrogen-bond acceptors (Lipinski definition) is 5. The fourth-order valence-electron chi connectivity index (χ4n) is 3.76. The summed E-state index contributed by atoms with van der Waals surface area (Å²) in [6.45, 7) is 4.57. The number of carbonyl (C=O) groups is 3. The van der Waals surface area contributed by atoms with Crippen molar-refractivity contribution in [3.8, 4) is 0 Å². The van der Waals surface area contributed by atoms with E-state index in [4.69, 9.17) is 4.42 Å². The van der Waals surface area contributed by atoms with E-state index in [1.807, 2.05) is 37.3 Å². The summed E-state index contributed by atoms with van der Waals surface area (Å²) < 4.78 is 6.69. The third kappa shape index (κ3) is 4.52. The third-order valence-corrected chi connectivity index (χ3v) is 6.03. The molecule has 3 aromatic rings. The standard InChI is InChI=1S/C24H27N5O4/c1-16-6-8-17(9-7-16)14-26-23(32)24(2)15-29-20(22(31)28(24)3)13-19(27-29)21(30)25-11-10-18-5-4-12-33-18/h4-9,12-13H,10-11,14-15H2,1-3H3,(H,25,30)(H,26,32)/t24-/m0/s1. The first-order valence-corrected chi connectivity index (χ1v) is 10.8. The maximum absolute atomic E-state index is 13.1. The van der Waals surface area contributed by atoms with Crippen molar-refractivity contribution >= 4 is 17.7 Å². The van der Waals surface area contributed by atoms with Gasteiger partial charge < -0.3 is 20.0 Å². The summed E-state index contributed by atoms with van der Waals surface area (Å²) in [5, 5.41) is 10.0. The van der Waals surface area contributed by atoms with E-state index in [0.29, 0.717) is 19.5 Å². The average molecular weight is 450 g/mol. The van der Waals surface area contributed by atoms with Gasteiger partial charge in [0.05, 0.1) is 12.8 Å². The van der Waals surface area contributed by atoms with Crippen LogP contribution in [0.15, 0.2) is 53.1 Å². The van der Waals surface area contributed by atoms with E-state index >= 15 is 0 Å². The Morgan fingerprint density at radius 3 is 2.64 bits per heavy atom. The van der Waals surface area contributed by atoms with Crippen molar-refractivity contribution in [2.75, 3.05) is 13.6 Å². The number of rotatable bonds is 7. The SMILES string of the molecule is Cc1ccc(CNC(=O)[C@]2(C)Cn3nc(C(=O)NCCc4ccco4)cc3C(=O)N2C)cc1. The van der Waals surface area contributed by atoms with Gasteiger partial charge in [0.1, 0.15) is 17.0 Å². The summed E-state index contributed by atoms with van der Waals surface area (Å²) in [5.41, 5.74) is 1.37. The second-order valence-corrected chi connectivity index (χ2v) is 8.46. The lowest BCUT2D eigenvalue weighted by atomic mass is 9.95. The molecule has 0 saturated heterocycles. The predicted molar refractivity (Wildman–Crippen MR) is 120 cm³/mol. The molecule has 0 aliphatic carbocycles. The maximum Gasteiger partial charge on any atom is 0.272 e.